The molecule has 7 heteroatoms. The first-order chi connectivity index (χ1) is 13.4. The monoisotopic (exact) mass is 397 g/mol. The van der Waals surface area contributed by atoms with Crippen LogP contribution in [0.15, 0.2) is 23.4 Å². The van der Waals surface area contributed by atoms with E-state index in [1.165, 1.54) is 11.8 Å². The fraction of sp³-hybridized carbons (Fsp3) is 0.524. The van der Waals surface area contributed by atoms with Gasteiger partial charge in [-0.2, -0.15) is 5.10 Å². The summed E-state index contributed by atoms with van der Waals surface area (Å²) in [5.74, 6) is 2.03. The van der Waals surface area contributed by atoms with Gasteiger partial charge in [-0.3, -0.25) is 4.79 Å². The van der Waals surface area contributed by atoms with E-state index < -0.39 is 0 Å². The number of aromatic nitrogens is 3. The van der Waals surface area contributed by atoms with Gasteiger partial charge in [0, 0.05) is 16.9 Å². The van der Waals surface area contributed by atoms with Gasteiger partial charge in [-0.05, 0) is 36.5 Å². The van der Waals surface area contributed by atoms with Crippen LogP contribution in [0.25, 0.3) is 0 Å². The highest BCUT2D eigenvalue weighted by atomic mass is 32.2. The van der Waals surface area contributed by atoms with Crippen molar-refractivity contribution in [3.8, 4) is 11.5 Å². The number of hydrogen-bond acceptors (Lipinski definition) is 7. The van der Waals surface area contributed by atoms with Crippen molar-refractivity contribution in [3.63, 3.8) is 0 Å². The highest BCUT2D eigenvalue weighted by Crippen LogP contribution is 2.66. The van der Waals surface area contributed by atoms with E-state index in [0.29, 0.717) is 41.4 Å². The number of Topliss-reactive ketones (excluding diaryl/α,β-unsaturated/α-hetero) is 1. The summed E-state index contributed by atoms with van der Waals surface area (Å²) in [5, 5.41) is 9.39. The molecule has 2 bridgehead atoms. The number of ketones is 1. The molecular weight excluding hydrogens is 374 g/mol. The molecule has 1 saturated carbocycles. The van der Waals surface area contributed by atoms with Crippen LogP contribution in [-0.4, -0.2) is 39.9 Å². The van der Waals surface area contributed by atoms with Crippen molar-refractivity contribution in [2.45, 2.75) is 50.1 Å². The second-order valence-electron chi connectivity index (χ2n) is 8.54. The van der Waals surface area contributed by atoms with Gasteiger partial charge < -0.3 is 9.47 Å². The summed E-state index contributed by atoms with van der Waals surface area (Å²) in [6.07, 6.45) is 2.29. The minimum absolute atomic E-state index is 0.0131. The number of carbonyl (C=O) groups excluding carboxylic acids is 1. The van der Waals surface area contributed by atoms with Crippen LogP contribution in [0, 0.1) is 5.41 Å². The fourth-order valence-corrected chi connectivity index (χ4v) is 5.54. The van der Waals surface area contributed by atoms with Crippen LogP contribution in [0.1, 0.15) is 61.3 Å². The SMILES string of the molecule is CC1(C)[C@@H]2CC[C@]1(C)c1nc(SCC(=O)c3ccc4c(c3)OCCO4)nnc12. The number of carbonyl (C=O) groups is 1. The maximum Gasteiger partial charge on any atom is 0.209 e. The minimum atomic E-state index is 0.0131. The van der Waals surface area contributed by atoms with Gasteiger partial charge in [0.15, 0.2) is 17.3 Å². The Morgan fingerprint density at radius 3 is 2.79 bits per heavy atom. The maximum absolute atomic E-state index is 12.6. The third kappa shape index (κ3) is 2.48. The molecule has 1 fully saturated rings. The first-order valence-electron chi connectivity index (χ1n) is 9.71. The zero-order valence-electron chi connectivity index (χ0n) is 16.3. The lowest BCUT2D eigenvalue weighted by Gasteiger charge is -2.33. The van der Waals surface area contributed by atoms with Gasteiger partial charge in [0.1, 0.15) is 13.2 Å². The van der Waals surface area contributed by atoms with E-state index in [4.69, 9.17) is 14.5 Å². The Balaban J connectivity index is 1.33. The molecule has 1 aliphatic heterocycles. The maximum atomic E-state index is 12.6. The summed E-state index contributed by atoms with van der Waals surface area (Å²) < 4.78 is 11.1. The van der Waals surface area contributed by atoms with Crippen molar-refractivity contribution in [1.29, 1.82) is 0 Å². The van der Waals surface area contributed by atoms with Crippen LogP contribution in [0.5, 0.6) is 11.5 Å². The Morgan fingerprint density at radius 1 is 1.18 bits per heavy atom. The Hall–Kier alpha value is -2.15. The zero-order chi connectivity index (χ0) is 19.5. The Kier molecular flexibility index (Phi) is 3.95. The van der Waals surface area contributed by atoms with Gasteiger partial charge in [-0.25, -0.2) is 4.98 Å². The van der Waals surface area contributed by atoms with Crippen molar-refractivity contribution in [2.24, 2.45) is 5.41 Å². The van der Waals surface area contributed by atoms with E-state index in [1.807, 2.05) is 0 Å². The highest BCUT2D eigenvalue weighted by molar-refractivity contribution is 7.99. The standard InChI is InChI=1S/C21H23N3O3S/c1-20(2)13-6-7-21(20,3)18-17(13)23-24-19(22-18)28-11-14(25)12-4-5-15-16(10-12)27-9-8-26-15/h4-5,10,13H,6-9,11H2,1-3H3/t13-,21-/m1/s1. The van der Waals surface area contributed by atoms with E-state index >= 15 is 0 Å². The lowest BCUT2D eigenvalue weighted by molar-refractivity contribution is 0.102. The first kappa shape index (κ1) is 17.9. The number of nitrogens with zero attached hydrogens (tertiary/aromatic N) is 3. The van der Waals surface area contributed by atoms with Crippen LogP contribution in [-0.2, 0) is 5.41 Å². The second kappa shape index (κ2) is 6.17. The number of benzene rings is 1. The lowest BCUT2D eigenvalue weighted by Crippen LogP contribution is -2.32. The minimum Gasteiger partial charge on any atom is -0.486 e. The smallest absolute Gasteiger partial charge is 0.209 e. The first-order valence-corrected chi connectivity index (χ1v) is 10.7. The highest BCUT2D eigenvalue weighted by Gasteiger charge is 2.61. The average Bonchev–Trinajstić information content (AvgIpc) is 3.04. The predicted octanol–water partition coefficient (Wildman–Crippen LogP) is 3.79. The molecule has 0 spiro atoms. The molecule has 2 heterocycles. The van der Waals surface area contributed by atoms with Gasteiger partial charge in [-0.1, -0.05) is 32.5 Å². The van der Waals surface area contributed by atoms with E-state index in [-0.39, 0.29) is 22.4 Å². The summed E-state index contributed by atoms with van der Waals surface area (Å²) in [5.41, 5.74) is 2.94. The molecule has 2 atom stereocenters. The Morgan fingerprint density at radius 2 is 1.96 bits per heavy atom. The van der Waals surface area contributed by atoms with E-state index in [2.05, 4.69) is 31.0 Å². The van der Waals surface area contributed by atoms with Gasteiger partial charge in [0.25, 0.3) is 0 Å². The summed E-state index contributed by atoms with van der Waals surface area (Å²) in [7, 11) is 0. The molecule has 0 N–H and O–H groups in total. The topological polar surface area (TPSA) is 74.2 Å². The van der Waals surface area contributed by atoms with Crippen LogP contribution in [0.4, 0.5) is 0 Å². The molecule has 2 aromatic rings. The Bertz CT molecular complexity index is 977. The number of ether oxygens (including phenoxy) is 2. The van der Waals surface area contributed by atoms with Crippen LogP contribution >= 0.6 is 11.8 Å². The Labute approximate surface area is 168 Å². The number of rotatable bonds is 4. The van der Waals surface area contributed by atoms with Gasteiger partial charge >= 0.3 is 0 Å². The van der Waals surface area contributed by atoms with Crippen molar-refractivity contribution in [3.05, 3.63) is 35.2 Å². The summed E-state index contributed by atoms with van der Waals surface area (Å²) in [6.45, 7) is 7.96. The zero-order valence-corrected chi connectivity index (χ0v) is 17.1. The molecular formula is C21H23N3O3S. The third-order valence-corrected chi connectivity index (χ3v) is 7.81. The van der Waals surface area contributed by atoms with Crippen molar-refractivity contribution in [1.82, 2.24) is 15.2 Å². The van der Waals surface area contributed by atoms with Crippen LogP contribution in [0.2, 0.25) is 0 Å². The van der Waals surface area contributed by atoms with Crippen LogP contribution in [0.3, 0.4) is 0 Å². The van der Waals surface area contributed by atoms with Crippen LogP contribution < -0.4 is 9.47 Å². The predicted molar refractivity (Wildman–Crippen MR) is 105 cm³/mol. The van der Waals surface area contributed by atoms with Gasteiger partial charge in [0.05, 0.1) is 17.1 Å². The van der Waals surface area contributed by atoms with E-state index in [1.54, 1.807) is 18.2 Å². The fourth-order valence-electron chi connectivity index (χ4n) is 4.85. The largest absolute Gasteiger partial charge is 0.486 e. The normalized spacial score (nSPS) is 26.2. The van der Waals surface area contributed by atoms with Gasteiger partial charge in [0.2, 0.25) is 5.16 Å². The molecule has 0 unspecified atom stereocenters. The molecule has 0 radical (unpaired) electrons. The number of fused-ring (bicyclic) bond motifs is 6. The average molecular weight is 398 g/mol. The molecule has 0 amide bonds. The molecule has 3 aliphatic rings. The molecule has 146 valence electrons. The third-order valence-electron chi connectivity index (χ3n) is 6.97. The molecule has 0 saturated heterocycles. The summed E-state index contributed by atoms with van der Waals surface area (Å²) in [4.78, 5) is 17.5. The van der Waals surface area contributed by atoms with Crippen molar-refractivity contribution in [2.75, 3.05) is 19.0 Å². The number of thioether (sulfide) groups is 1. The molecule has 5 rings (SSSR count). The van der Waals surface area contributed by atoms with E-state index in [0.717, 1.165) is 24.2 Å². The molecule has 1 aromatic carbocycles. The summed E-state index contributed by atoms with van der Waals surface area (Å²) in [6, 6.07) is 5.32. The van der Waals surface area contributed by atoms with Crippen molar-refractivity contribution < 1.29 is 14.3 Å². The lowest BCUT2D eigenvalue weighted by atomic mass is 9.70. The van der Waals surface area contributed by atoms with Crippen molar-refractivity contribution >= 4 is 17.5 Å². The second-order valence-corrected chi connectivity index (χ2v) is 9.49. The van der Waals surface area contributed by atoms with Gasteiger partial charge in [-0.15, -0.1) is 5.10 Å². The molecule has 6 nitrogen and oxygen atoms in total. The molecule has 2 aliphatic carbocycles. The molecule has 1 aromatic heterocycles. The summed E-state index contributed by atoms with van der Waals surface area (Å²) >= 11 is 1.35. The van der Waals surface area contributed by atoms with E-state index in [9.17, 15) is 4.79 Å². The quantitative estimate of drug-likeness (QED) is 0.574. The molecule has 28 heavy (non-hydrogen) atoms. The number of hydrogen-bond donors (Lipinski definition) is 0.